The minimum absolute atomic E-state index is 0.000134. The molecule has 0 radical (unpaired) electrons. The molecule has 0 aliphatic heterocycles. The summed E-state index contributed by atoms with van der Waals surface area (Å²) >= 11 is 0. The van der Waals surface area contributed by atoms with Crippen molar-refractivity contribution in [3.05, 3.63) is 71.8 Å². The van der Waals surface area contributed by atoms with Crippen molar-refractivity contribution in [1.29, 1.82) is 0 Å². The van der Waals surface area contributed by atoms with Crippen molar-refractivity contribution >= 4 is 35.8 Å². The maximum Gasteiger partial charge on any atom is 0.408 e. The molecule has 2 rings (SSSR count). The van der Waals surface area contributed by atoms with Crippen LogP contribution in [0.1, 0.15) is 120 Å². The third-order valence-electron chi connectivity index (χ3n) is 10.8. The topological polar surface area (TPSA) is 234 Å². The second-order valence-corrected chi connectivity index (χ2v) is 19.7. The van der Waals surface area contributed by atoms with E-state index in [2.05, 4.69) is 31.9 Å². The highest BCUT2D eigenvalue weighted by Crippen LogP contribution is 2.20. The van der Waals surface area contributed by atoms with Crippen LogP contribution in [0.2, 0.25) is 0 Å². The van der Waals surface area contributed by atoms with Crippen LogP contribution >= 0.6 is 0 Å². The summed E-state index contributed by atoms with van der Waals surface area (Å²) in [6.07, 6.45) is -3.72. The largest absolute Gasteiger partial charge is 0.445 e. The second kappa shape index (κ2) is 28.7. The fourth-order valence-corrected chi connectivity index (χ4v) is 7.40. The number of rotatable bonds is 27. The highest BCUT2D eigenvalue weighted by atomic mass is 16.6. The van der Waals surface area contributed by atoms with E-state index in [9.17, 15) is 39.0 Å². The smallest absolute Gasteiger partial charge is 0.408 e. The van der Waals surface area contributed by atoms with E-state index < -0.39 is 96.1 Å². The zero-order valence-electron chi connectivity index (χ0n) is 41.3. The molecular formula is C50H80N6O10. The molecule has 0 aliphatic carbocycles. The van der Waals surface area contributed by atoms with Gasteiger partial charge in [-0.15, -0.1) is 0 Å². The number of hydrogen-bond acceptors (Lipinski definition) is 10. The molecule has 8 atom stereocenters. The number of amides is 6. The summed E-state index contributed by atoms with van der Waals surface area (Å²) in [5.41, 5.74) is 1.55. The molecule has 0 heterocycles. The normalized spacial score (nSPS) is 15.3. The highest BCUT2D eigenvalue weighted by molar-refractivity contribution is 5.92. The van der Waals surface area contributed by atoms with E-state index in [-0.39, 0.29) is 62.6 Å². The Kier molecular flexibility index (Phi) is 24.8. The minimum Gasteiger partial charge on any atom is -0.445 e. The summed E-state index contributed by atoms with van der Waals surface area (Å²) in [4.78, 5) is 81.2. The van der Waals surface area contributed by atoms with Gasteiger partial charge in [-0.2, -0.15) is 0 Å². The predicted octanol–water partition coefficient (Wildman–Crippen LogP) is 5.73. The molecule has 16 nitrogen and oxygen atoms in total. The minimum atomic E-state index is -1.58. The first-order chi connectivity index (χ1) is 31.0. The summed E-state index contributed by atoms with van der Waals surface area (Å²) in [5, 5.41) is 40.3. The first kappa shape index (κ1) is 56.9. The Morgan fingerprint density at radius 1 is 0.424 bits per heavy atom. The van der Waals surface area contributed by atoms with Crippen LogP contribution in [0.4, 0.5) is 9.59 Å². The number of hydrogen-bond donors (Lipinski definition) is 8. The number of benzene rings is 2. The van der Waals surface area contributed by atoms with E-state index in [4.69, 9.17) is 9.47 Å². The monoisotopic (exact) mass is 925 g/mol. The van der Waals surface area contributed by atoms with Crippen molar-refractivity contribution in [2.45, 2.75) is 170 Å². The molecular weight excluding hydrogens is 845 g/mol. The summed E-state index contributed by atoms with van der Waals surface area (Å²) < 4.78 is 10.7. The van der Waals surface area contributed by atoms with Crippen molar-refractivity contribution in [3.8, 4) is 0 Å². The van der Waals surface area contributed by atoms with Crippen molar-refractivity contribution in [3.63, 3.8) is 0 Å². The van der Waals surface area contributed by atoms with Gasteiger partial charge in [0.25, 0.3) is 0 Å². The number of carbonyl (C=O) groups excluding carboxylic acids is 6. The van der Waals surface area contributed by atoms with Gasteiger partial charge in [-0.25, -0.2) is 9.59 Å². The Morgan fingerprint density at radius 2 is 0.727 bits per heavy atom. The molecule has 0 unspecified atom stereocenters. The summed E-state index contributed by atoms with van der Waals surface area (Å²) in [6.45, 7) is 22.2. The molecule has 2 aromatic rings. The third kappa shape index (κ3) is 21.0. The molecule has 0 bridgehead atoms. The number of nitrogens with one attached hydrogen (secondary N) is 6. The first-order valence-corrected chi connectivity index (χ1v) is 23.5. The number of aliphatic hydroxyl groups is 2. The molecule has 0 fully saturated rings. The van der Waals surface area contributed by atoms with Crippen LogP contribution in [0.15, 0.2) is 60.7 Å². The van der Waals surface area contributed by atoms with E-state index in [0.29, 0.717) is 0 Å². The Labute approximate surface area is 392 Å². The van der Waals surface area contributed by atoms with Crippen LogP contribution in [-0.4, -0.2) is 94.5 Å². The van der Waals surface area contributed by atoms with Crippen LogP contribution in [0.3, 0.4) is 0 Å². The molecule has 370 valence electrons. The molecule has 0 saturated carbocycles. The molecule has 16 heteroatoms. The van der Waals surface area contributed by atoms with E-state index in [0.717, 1.165) is 11.1 Å². The summed E-state index contributed by atoms with van der Waals surface area (Å²) in [6, 6.07) is 12.0. The average Bonchev–Trinajstić information content (AvgIpc) is 3.24. The van der Waals surface area contributed by atoms with Crippen LogP contribution in [0.5, 0.6) is 0 Å². The second-order valence-electron chi connectivity index (χ2n) is 19.7. The van der Waals surface area contributed by atoms with Gasteiger partial charge in [-0.3, -0.25) is 19.2 Å². The SMILES string of the molecule is CC(C)C[C@H](NC(=O)OCc1ccccc1)C(=O)N[C@H](C(=O)N[C@@H](CC(C)C)[C@@H](O)[C@H](O)[C@H](CC(C)C)NC(=O)[C@@H](NC(=O)[C@H](CC(C)C)NC(=O)OCc1ccccc1)C(C)C)C(C)C. The Hall–Kier alpha value is -5.22. The van der Waals surface area contributed by atoms with Gasteiger partial charge in [0.15, 0.2) is 0 Å². The van der Waals surface area contributed by atoms with Gasteiger partial charge >= 0.3 is 12.2 Å². The van der Waals surface area contributed by atoms with Crippen LogP contribution < -0.4 is 31.9 Å². The molecule has 0 aromatic heterocycles. The van der Waals surface area contributed by atoms with Crippen molar-refractivity contribution < 1.29 is 48.5 Å². The van der Waals surface area contributed by atoms with Crippen LogP contribution in [0, 0.1) is 35.5 Å². The van der Waals surface area contributed by atoms with Gasteiger partial charge in [-0.1, -0.05) is 144 Å². The lowest BCUT2D eigenvalue weighted by molar-refractivity contribution is -0.134. The Bertz CT molecular complexity index is 1660. The van der Waals surface area contributed by atoms with Crippen LogP contribution in [0.25, 0.3) is 0 Å². The lowest BCUT2D eigenvalue weighted by Gasteiger charge is -2.36. The van der Waals surface area contributed by atoms with Crippen molar-refractivity contribution in [2.24, 2.45) is 35.5 Å². The number of aliphatic hydroxyl groups excluding tert-OH is 2. The Balaban J connectivity index is 2.25. The molecule has 8 N–H and O–H groups in total. The van der Waals surface area contributed by atoms with Gasteiger partial charge in [0.05, 0.1) is 12.1 Å². The van der Waals surface area contributed by atoms with Gasteiger partial charge in [0.1, 0.15) is 49.6 Å². The Morgan fingerprint density at radius 3 is 1.00 bits per heavy atom. The van der Waals surface area contributed by atoms with Gasteiger partial charge in [0.2, 0.25) is 23.6 Å². The molecule has 0 saturated heterocycles. The quantitative estimate of drug-likeness (QED) is 0.0542. The average molecular weight is 925 g/mol. The number of alkyl carbamates (subject to hydrolysis) is 2. The molecule has 2 aromatic carbocycles. The van der Waals surface area contributed by atoms with Crippen molar-refractivity contribution in [1.82, 2.24) is 31.9 Å². The van der Waals surface area contributed by atoms with Gasteiger partial charge in [-0.05, 0) is 72.3 Å². The molecule has 0 aliphatic rings. The summed E-state index contributed by atoms with van der Waals surface area (Å²) in [7, 11) is 0. The van der Waals surface area contributed by atoms with Gasteiger partial charge < -0.3 is 51.6 Å². The fraction of sp³-hybridized carbons (Fsp3) is 0.640. The maximum absolute atomic E-state index is 14.1. The van der Waals surface area contributed by atoms with E-state index in [1.165, 1.54) is 0 Å². The first-order valence-electron chi connectivity index (χ1n) is 23.5. The highest BCUT2D eigenvalue weighted by Gasteiger charge is 2.39. The third-order valence-corrected chi connectivity index (χ3v) is 10.8. The van der Waals surface area contributed by atoms with Gasteiger partial charge in [0, 0.05) is 0 Å². The maximum atomic E-state index is 14.1. The zero-order valence-corrected chi connectivity index (χ0v) is 41.3. The number of ether oxygens (including phenoxy) is 2. The number of carbonyl (C=O) groups is 6. The van der Waals surface area contributed by atoms with Crippen LogP contribution in [-0.2, 0) is 41.9 Å². The van der Waals surface area contributed by atoms with E-state index in [1.54, 1.807) is 27.7 Å². The molecule has 0 spiro atoms. The fourth-order valence-electron chi connectivity index (χ4n) is 7.40. The van der Waals surface area contributed by atoms with Crippen molar-refractivity contribution in [2.75, 3.05) is 0 Å². The van der Waals surface area contributed by atoms with E-state index in [1.807, 2.05) is 116 Å². The molecule has 66 heavy (non-hydrogen) atoms. The lowest BCUT2D eigenvalue weighted by Crippen LogP contribution is -2.62. The zero-order chi connectivity index (χ0) is 49.7. The standard InChI is InChI=1S/C50H80N6O10/c1-29(2)23-37(51-47(61)41(33(9)10)55-45(59)39(25-31(5)6)53-49(63)65-27-35-19-15-13-16-20-35)43(57)44(58)38(24-30(3)4)52-48(62)42(34(11)12)56-46(60)40(26-32(7)8)54-50(64)66-28-36-21-17-14-18-22-36/h13-22,29-34,37-44,57-58H,23-28H2,1-12H3,(H,51,61)(H,52,62)(H,53,63)(H,54,64)(H,55,59)(H,56,60)/t37-,38-,39-,40-,41-,42-,43+,44+/m0/s1. The molecule has 6 amide bonds. The lowest BCUT2D eigenvalue weighted by atomic mass is 9.88. The van der Waals surface area contributed by atoms with E-state index >= 15 is 0 Å². The predicted molar refractivity (Wildman–Crippen MR) is 254 cm³/mol. The summed E-state index contributed by atoms with van der Waals surface area (Å²) in [5.74, 6) is -3.36.